The quantitative estimate of drug-likeness (QED) is 0.772. The van der Waals surface area contributed by atoms with Crippen LogP contribution < -0.4 is 0 Å². The predicted molar refractivity (Wildman–Crippen MR) is 83.9 cm³/mol. The molecule has 1 atom stereocenters. The molecule has 3 rings (SSSR count). The maximum Gasteiger partial charge on any atom is 0.123 e. The van der Waals surface area contributed by atoms with E-state index in [1.807, 2.05) is 0 Å². The van der Waals surface area contributed by atoms with Gasteiger partial charge in [0, 0.05) is 16.0 Å². The fourth-order valence-electron chi connectivity index (χ4n) is 3.08. The highest BCUT2D eigenvalue weighted by molar-refractivity contribution is 7.18. The Labute approximate surface area is 124 Å². The molecule has 0 saturated carbocycles. The number of nitriles is 1. The molecule has 3 heteroatoms. The molecular formula is C17H20N2S. The van der Waals surface area contributed by atoms with Gasteiger partial charge in [0.1, 0.15) is 4.83 Å². The SMILES string of the molecule is CC(C)(C)C1CCc2nc3sc(CC#N)cc3cc2C1. The summed E-state index contributed by atoms with van der Waals surface area (Å²) < 4.78 is 0. The van der Waals surface area contributed by atoms with Crippen LogP contribution in [0.3, 0.4) is 0 Å². The van der Waals surface area contributed by atoms with E-state index in [9.17, 15) is 0 Å². The Balaban J connectivity index is 1.98. The van der Waals surface area contributed by atoms with Crippen molar-refractivity contribution in [3.8, 4) is 6.07 Å². The molecule has 0 fully saturated rings. The number of thiophene rings is 1. The molecule has 0 radical (unpaired) electrons. The predicted octanol–water partition coefficient (Wildman–Crippen LogP) is 4.51. The van der Waals surface area contributed by atoms with Gasteiger partial charge in [-0.3, -0.25) is 0 Å². The lowest BCUT2D eigenvalue weighted by Gasteiger charge is -2.34. The number of hydrogen-bond acceptors (Lipinski definition) is 3. The van der Waals surface area contributed by atoms with Crippen molar-refractivity contribution < 1.29 is 0 Å². The van der Waals surface area contributed by atoms with Gasteiger partial charge >= 0.3 is 0 Å². The highest BCUT2D eigenvalue weighted by atomic mass is 32.1. The van der Waals surface area contributed by atoms with Gasteiger partial charge in [0.05, 0.1) is 12.5 Å². The van der Waals surface area contributed by atoms with E-state index in [1.165, 1.54) is 23.1 Å². The van der Waals surface area contributed by atoms with Crippen LogP contribution in [0, 0.1) is 22.7 Å². The summed E-state index contributed by atoms with van der Waals surface area (Å²) in [5.41, 5.74) is 3.07. The maximum atomic E-state index is 8.82. The van der Waals surface area contributed by atoms with Gasteiger partial charge < -0.3 is 0 Å². The van der Waals surface area contributed by atoms with E-state index in [4.69, 9.17) is 10.2 Å². The fourth-order valence-corrected chi connectivity index (χ4v) is 4.04. The topological polar surface area (TPSA) is 36.7 Å². The molecule has 0 aliphatic heterocycles. The summed E-state index contributed by atoms with van der Waals surface area (Å²) in [6, 6.07) is 6.67. The lowest BCUT2D eigenvalue weighted by molar-refractivity contribution is 0.215. The van der Waals surface area contributed by atoms with Gasteiger partial charge in [0.25, 0.3) is 0 Å². The zero-order valence-electron chi connectivity index (χ0n) is 12.4. The van der Waals surface area contributed by atoms with Crippen LogP contribution in [0.5, 0.6) is 0 Å². The summed E-state index contributed by atoms with van der Waals surface area (Å²) in [6.45, 7) is 7.01. The number of rotatable bonds is 1. The molecule has 2 aromatic heterocycles. The Morgan fingerprint density at radius 3 is 2.90 bits per heavy atom. The first-order valence-corrected chi connectivity index (χ1v) is 8.07. The Hall–Kier alpha value is -1.40. The molecule has 0 amide bonds. The van der Waals surface area contributed by atoms with Crippen LogP contribution in [0.15, 0.2) is 12.1 Å². The minimum atomic E-state index is 0.368. The second-order valence-electron chi connectivity index (χ2n) is 6.84. The average Bonchev–Trinajstić information content (AvgIpc) is 2.75. The van der Waals surface area contributed by atoms with Gasteiger partial charge in [-0.1, -0.05) is 20.8 Å². The van der Waals surface area contributed by atoms with Gasteiger partial charge in [-0.15, -0.1) is 11.3 Å². The molecule has 0 spiro atoms. The smallest absolute Gasteiger partial charge is 0.123 e. The van der Waals surface area contributed by atoms with E-state index in [2.05, 4.69) is 39.0 Å². The van der Waals surface area contributed by atoms with E-state index < -0.39 is 0 Å². The summed E-state index contributed by atoms with van der Waals surface area (Å²) in [5, 5.41) is 10.0. The maximum absolute atomic E-state index is 8.82. The van der Waals surface area contributed by atoms with Crippen molar-refractivity contribution in [2.24, 2.45) is 11.3 Å². The molecular weight excluding hydrogens is 264 g/mol. The summed E-state index contributed by atoms with van der Waals surface area (Å²) >= 11 is 1.67. The Morgan fingerprint density at radius 1 is 1.40 bits per heavy atom. The van der Waals surface area contributed by atoms with Crippen LogP contribution in [-0.2, 0) is 19.3 Å². The van der Waals surface area contributed by atoms with Gasteiger partial charge in [-0.25, -0.2) is 4.98 Å². The number of fused-ring (bicyclic) bond motifs is 2. The molecule has 1 aliphatic carbocycles. The second-order valence-corrected chi connectivity index (χ2v) is 7.96. The standard InChI is InChI=1S/C17H20N2S/c1-17(2,3)13-4-5-15-11(9-13)8-12-10-14(6-7-18)20-16(12)19-15/h8,10,13H,4-6,9H2,1-3H3. The lowest BCUT2D eigenvalue weighted by Crippen LogP contribution is -2.27. The zero-order valence-corrected chi connectivity index (χ0v) is 13.2. The van der Waals surface area contributed by atoms with Gasteiger partial charge in [0.2, 0.25) is 0 Å². The van der Waals surface area contributed by atoms with Crippen molar-refractivity contribution in [1.82, 2.24) is 4.98 Å². The number of aryl methyl sites for hydroxylation is 1. The first-order chi connectivity index (χ1) is 9.47. The third-order valence-corrected chi connectivity index (χ3v) is 5.45. The largest absolute Gasteiger partial charge is 0.242 e. The molecule has 0 aromatic carbocycles. The van der Waals surface area contributed by atoms with Crippen LogP contribution in [0.2, 0.25) is 0 Å². The van der Waals surface area contributed by atoms with E-state index in [1.54, 1.807) is 11.3 Å². The van der Waals surface area contributed by atoms with Crippen LogP contribution in [0.25, 0.3) is 10.2 Å². The van der Waals surface area contributed by atoms with E-state index in [0.717, 1.165) is 28.5 Å². The van der Waals surface area contributed by atoms with E-state index >= 15 is 0 Å². The summed E-state index contributed by atoms with van der Waals surface area (Å²) in [6.07, 6.45) is 3.98. The van der Waals surface area contributed by atoms with Crippen molar-refractivity contribution >= 4 is 21.6 Å². The Kier molecular flexibility index (Phi) is 3.30. The highest BCUT2D eigenvalue weighted by Gasteiger charge is 2.29. The number of pyridine rings is 1. The average molecular weight is 284 g/mol. The van der Waals surface area contributed by atoms with Crippen LogP contribution in [0.1, 0.15) is 43.3 Å². The first kappa shape index (κ1) is 13.6. The minimum Gasteiger partial charge on any atom is -0.242 e. The van der Waals surface area contributed by atoms with Crippen molar-refractivity contribution in [2.75, 3.05) is 0 Å². The number of nitrogens with zero attached hydrogens (tertiary/aromatic N) is 2. The Bertz CT molecular complexity index is 685. The van der Waals surface area contributed by atoms with Gasteiger partial charge in [0.15, 0.2) is 0 Å². The molecule has 0 bridgehead atoms. The molecule has 0 N–H and O–H groups in total. The van der Waals surface area contributed by atoms with Crippen molar-refractivity contribution in [3.05, 3.63) is 28.3 Å². The number of hydrogen-bond donors (Lipinski definition) is 0. The van der Waals surface area contributed by atoms with E-state index in [0.29, 0.717) is 11.8 Å². The molecule has 0 saturated heterocycles. The van der Waals surface area contributed by atoms with E-state index in [-0.39, 0.29) is 0 Å². The van der Waals surface area contributed by atoms with Crippen LogP contribution >= 0.6 is 11.3 Å². The Morgan fingerprint density at radius 2 is 2.20 bits per heavy atom. The third-order valence-electron chi connectivity index (χ3n) is 4.40. The first-order valence-electron chi connectivity index (χ1n) is 7.25. The monoisotopic (exact) mass is 284 g/mol. The normalized spacial score (nSPS) is 18.8. The highest BCUT2D eigenvalue weighted by Crippen LogP contribution is 2.38. The summed E-state index contributed by atoms with van der Waals surface area (Å²) in [7, 11) is 0. The summed E-state index contributed by atoms with van der Waals surface area (Å²) in [4.78, 5) is 7.07. The van der Waals surface area contributed by atoms with Crippen molar-refractivity contribution in [1.29, 1.82) is 5.26 Å². The second kappa shape index (κ2) is 4.86. The molecule has 2 nitrogen and oxygen atoms in total. The van der Waals surface area contributed by atoms with Gasteiger partial charge in [-0.2, -0.15) is 5.26 Å². The molecule has 1 aliphatic rings. The lowest BCUT2D eigenvalue weighted by atomic mass is 9.71. The van der Waals surface area contributed by atoms with Crippen LogP contribution in [-0.4, -0.2) is 4.98 Å². The number of aromatic nitrogens is 1. The minimum absolute atomic E-state index is 0.368. The fraction of sp³-hybridized carbons (Fsp3) is 0.529. The molecule has 20 heavy (non-hydrogen) atoms. The third kappa shape index (κ3) is 2.45. The molecule has 2 heterocycles. The van der Waals surface area contributed by atoms with Crippen LogP contribution in [0.4, 0.5) is 0 Å². The van der Waals surface area contributed by atoms with Gasteiger partial charge in [-0.05, 0) is 48.3 Å². The molecule has 1 unspecified atom stereocenters. The van der Waals surface area contributed by atoms with Crippen molar-refractivity contribution in [3.63, 3.8) is 0 Å². The van der Waals surface area contributed by atoms with Crippen molar-refractivity contribution in [2.45, 2.75) is 46.5 Å². The summed E-state index contributed by atoms with van der Waals surface area (Å²) in [5.74, 6) is 0.742. The molecule has 104 valence electrons. The molecule has 2 aromatic rings. The zero-order chi connectivity index (χ0) is 14.3.